The van der Waals surface area contributed by atoms with Gasteiger partial charge in [0.15, 0.2) is 5.82 Å². The molecule has 146 valence electrons. The van der Waals surface area contributed by atoms with Gasteiger partial charge >= 0.3 is 0 Å². The largest absolute Gasteiger partial charge is 1.00 e. The molecule has 3 rings (SSSR count). The van der Waals surface area contributed by atoms with Gasteiger partial charge in [0.25, 0.3) is 5.91 Å². The maximum Gasteiger partial charge on any atom is 0.287 e. The van der Waals surface area contributed by atoms with Gasteiger partial charge in [0.05, 0.1) is 30.5 Å². The Labute approximate surface area is 168 Å². The Bertz CT molecular complexity index is 885. The molecule has 0 saturated carbocycles. The molecule has 0 unspecified atom stereocenters. The van der Waals surface area contributed by atoms with Crippen molar-refractivity contribution in [3.8, 4) is 11.1 Å². The number of benzene rings is 2. The number of nitrogens with one attached hydrogen (secondary N) is 2. The molecule has 27 heavy (non-hydrogen) atoms. The lowest BCUT2D eigenvalue weighted by Crippen LogP contribution is -3.00. The summed E-state index contributed by atoms with van der Waals surface area (Å²) in [6, 6.07) is 12.1. The lowest BCUT2D eigenvalue weighted by molar-refractivity contribution is -0.439. The standard InChI is InChI=1S/C18H20FN5O.2ClH/c19-13-4-1-11(2-5-13)12-3-6-15-16(9-12)24-17(23-15)18(25)22-10-14(21)7-8-20;;/h1-6,9,14H,7-8,10,20-21H2,(H,22,25)(H,23,24);2*1H/t14-;;/m0../s1. The van der Waals surface area contributed by atoms with E-state index in [0.717, 1.165) is 29.6 Å². The highest BCUT2D eigenvalue weighted by atomic mass is 35.5. The molecule has 2 aromatic carbocycles. The van der Waals surface area contributed by atoms with Crippen LogP contribution in [-0.2, 0) is 0 Å². The molecule has 0 aliphatic heterocycles. The molecule has 1 aromatic heterocycles. The van der Waals surface area contributed by atoms with Crippen LogP contribution in [0.5, 0.6) is 0 Å². The lowest BCUT2D eigenvalue weighted by Gasteiger charge is -2.06. The van der Waals surface area contributed by atoms with Crippen LogP contribution < -0.4 is 41.6 Å². The van der Waals surface area contributed by atoms with Crippen molar-refractivity contribution in [2.24, 2.45) is 0 Å². The lowest BCUT2D eigenvalue weighted by atomic mass is 10.1. The first-order valence-corrected chi connectivity index (χ1v) is 8.23. The first-order valence-electron chi connectivity index (χ1n) is 8.23. The number of quaternary nitrogens is 2. The topological polar surface area (TPSA) is 113 Å². The number of hydrogen-bond donors (Lipinski definition) is 4. The van der Waals surface area contributed by atoms with Crippen LogP contribution in [0.3, 0.4) is 0 Å². The van der Waals surface area contributed by atoms with Crippen LogP contribution in [0.25, 0.3) is 22.2 Å². The van der Waals surface area contributed by atoms with E-state index in [0.29, 0.717) is 12.1 Å². The van der Waals surface area contributed by atoms with Gasteiger partial charge in [-0.25, -0.2) is 9.37 Å². The third-order valence-electron chi connectivity index (χ3n) is 4.04. The minimum Gasteiger partial charge on any atom is -1.00 e. The minimum atomic E-state index is -0.270. The Morgan fingerprint density at radius 2 is 1.81 bits per heavy atom. The summed E-state index contributed by atoms with van der Waals surface area (Å²) >= 11 is 0. The van der Waals surface area contributed by atoms with Gasteiger partial charge in [-0.05, 0) is 35.4 Å². The van der Waals surface area contributed by atoms with E-state index >= 15 is 0 Å². The number of amides is 1. The number of carbonyl (C=O) groups excluding carboxylic acids is 1. The van der Waals surface area contributed by atoms with E-state index in [2.05, 4.69) is 26.8 Å². The molecule has 8 N–H and O–H groups in total. The number of H-pyrrole nitrogens is 1. The van der Waals surface area contributed by atoms with Gasteiger partial charge < -0.3 is 46.6 Å². The van der Waals surface area contributed by atoms with E-state index in [4.69, 9.17) is 0 Å². The summed E-state index contributed by atoms with van der Waals surface area (Å²) in [6.45, 7) is 1.28. The van der Waals surface area contributed by atoms with Gasteiger partial charge in [-0.3, -0.25) is 4.79 Å². The van der Waals surface area contributed by atoms with Crippen LogP contribution in [-0.4, -0.2) is 35.0 Å². The Kier molecular flexibility index (Phi) is 8.65. The summed E-state index contributed by atoms with van der Waals surface area (Å²) in [5, 5.41) is 2.83. The SMILES string of the molecule is [Cl-].[Cl-].[NH3+]CC[C@H]([NH3+])CNC(=O)c1nc2ccc(-c3ccc(F)cc3)cc2[nH]1. The summed E-state index contributed by atoms with van der Waals surface area (Å²) in [4.78, 5) is 19.6. The van der Waals surface area contributed by atoms with Crippen LogP contribution in [0, 0.1) is 5.82 Å². The van der Waals surface area contributed by atoms with Crippen molar-refractivity contribution in [2.75, 3.05) is 13.1 Å². The van der Waals surface area contributed by atoms with E-state index in [-0.39, 0.29) is 48.4 Å². The molecule has 3 aromatic rings. The Balaban J connectivity index is 0.00000182. The second-order valence-electron chi connectivity index (χ2n) is 6.04. The molecular weight excluding hydrogens is 392 g/mol. The van der Waals surface area contributed by atoms with Crippen molar-refractivity contribution in [3.63, 3.8) is 0 Å². The molecule has 1 amide bonds. The summed E-state index contributed by atoms with van der Waals surface area (Å²) < 4.78 is 13.1. The molecule has 1 atom stereocenters. The van der Waals surface area contributed by atoms with E-state index < -0.39 is 0 Å². The van der Waals surface area contributed by atoms with Crippen molar-refractivity contribution in [1.82, 2.24) is 15.3 Å². The monoisotopic (exact) mass is 413 g/mol. The Morgan fingerprint density at radius 3 is 2.48 bits per heavy atom. The van der Waals surface area contributed by atoms with Gasteiger partial charge in [-0.15, -0.1) is 0 Å². The second-order valence-corrected chi connectivity index (χ2v) is 6.04. The molecule has 9 heteroatoms. The van der Waals surface area contributed by atoms with Crippen LogP contribution in [0.4, 0.5) is 4.39 Å². The summed E-state index contributed by atoms with van der Waals surface area (Å²) in [5.41, 5.74) is 11.1. The highest BCUT2D eigenvalue weighted by Crippen LogP contribution is 2.23. The van der Waals surface area contributed by atoms with Crippen LogP contribution in [0.15, 0.2) is 42.5 Å². The van der Waals surface area contributed by atoms with Crippen molar-refractivity contribution in [1.29, 1.82) is 0 Å². The van der Waals surface area contributed by atoms with Crippen LogP contribution in [0.1, 0.15) is 17.0 Å². The van der Waals surface area contributed by atoms with Gasteiger partial charge in [-0.1, -0.05) is 18.2 Å². The number of nitrogens with zero attached hydrogens (tertiary/aromatic N) is 1. The highest BCUT2D eigenvalue weighted by molar-refractivity contribution is 5.94. The first kappa shape index (κ1) is 22.9. The van der Waals surface area contributed by atoms with Crippen molar-refractivity contribution >= 4 is 16.9 Å². The fraction of sp³-hybridized carbons (Fsp3) is 0.222. The number of imidazole rings is 1. The smallest absolute Gasteiger partial charge is 0.287 e. The van der Waals surface area contributed by atoms with Gasteiger partial charge in [0, 0.05) is 0 Å². The molecule has 0 bridgehead atoms. The zero-order chi connectivity index (χ0) is 17.8. The number of hydrogen-bond acceptors (Lipinski definition) is 2. The maximum atomic E-state index is 13.1. The molecular formula is C18H22Cl2FN5O. The number of fused-ring (bicyclic) bond motifs is 1. The fourth-order valence-corrected chi connectivity index (χ4v) is 2.65. The Morgan fingerprint density at radius 1 is 1.15 bits per heavy atom. The van der Waals surface area contributed by atoms with Gasteiger partial charge in [0.2, 0.25) is 0 Å². The molecule has 0 radical (unpaired) electrons. The average molecular weight is 414 g/mol. The fourth-order valence-electron chi connectivity index (χ4n) is 2.65. The van der Waals surface area contributed by atoms with Gasteiger partial charge in [-0.2, -0.15) is 0 Å². The molecule has 0 fully saturated rings. The van der Waals surface area contributed by atoms with E-state index in [1.54, 1.807) is 12.1 Å². The van der Waals surface area contributed by atoms with E-state index in [1.165, 1.54) is 12.1 Å². The molecule has 0 spiro atoms. The zero-order valence-corrected chi connectivity index (χ0v) is 16.2. The number of carbonyl (C=O) groups is 1. The summed E-state index contributed by atoms with van der Waals surface area (Å²) in [5.74, 6) is -0.252. The molecule has 0 aliphatic rings. The zero-order valence-electron chi connectivity index (χ0n) is 14.6. The Hall–Kier alpha value is -2.19. The maximum absolute atomic E-state index is 13.1. The average Bonchev–Trinajstić information content (AvgIpc) is 3.04. The molecule has 6 nitrogen and oxygen atoms in total. The van der Waals surface area contributed by atoms with E-state index in [9.17, 15) is 9.18 Å². The predicted molar refractivity (Wildman–Crippen MR) is 92.9 cm³/mol. The third-order valence-corrected chi connectivity index (χ3v) is 4.04. The second kappa shape index (κ2) is 10.2. The van der Waals surface area contributed by atoms with Crippen LogP contribution in [0.2, 0.25) is 0 Å². The number of halogens is 3. The van der Waals surface area contributed by atoms with Crippen LogP contribution >= 0.6 is 0 Å². The van der Waals surface area contributed by atoms with Gasteiger partial charge in [0.1, 0.15) is 11.9 Å². The van der Waals surface area contributed by atoms with E-state index in [1.807, 2.05) is 18.2 Å². The number of aromatic nitrogens is 2. The first-order chi connectivity index (χ1) is 12.1. The third kappa shape index (κ3) is 5.64. The predicted octanol–water partition coefficient (Wildman–Crippen LogP) is -5.65. The number of aromatic amines is 1. The molecule has 0 aliphatic carbocycles. The number of rotatable bonds is 6. The van der Waals surface area contributed by atoms with Crippen molar-refractivity contribution in [2.45, 2.75) is 12.5 Å². The summed E-state index contributed by atoms with van der Waals surface area (Å²) in [6.07, 6.45) is 0.863. The summed E-state index contributed by atoms with van der Waals surface area (Å²) in [7, 11) is 0. The minimum absolute atomic E-state index is 0. The highest BCUT2D eigenvalue weighted by Gasteiger charge is 2.14. The van der Waals surface area contributed by atoms with Crippen molar-refractivity contribution in [3.05, 3.63) is 54.1 Å². The van der Waals surface area contributed by atoms with Crippen molar-refractivity contribution < 1.29 is 45.5 Å². The normalized spacial score (nSPS) is 11.4. The quantitative estimate of drug-likeness (QED) is 0.322. The molecule has 0 saturated heterocycles. The molecule has 1 heterocycles.